The van der Waals surface area contributed by atoms with Crippen molar-refractivity contribution in [1.82, 2.24) is 0 Å². The highest BCUT2D eigenvalue weighted by atomic mass is 35.5. The van der Waals surface area contributed by atoms with Crippen molar-refractivity contribution in [3.63, 3.8) is 0 Å². The molecule has 0 radical (unpaired) electrons. The molecule has 0 amide bonds. The molecule has 98 valence electrons. The van der Waals surface area contributed by atoms with Gasteiger partial charge in [-0.25, -0.2) is 0 Å². The number of aliphatic carboxylic acids is 1. The Kier molecular flexibility index (Phi) is 4.12. The van der Waals surface area contributed by atoms with Crippen molar-refractivity contribution in [2.75, 3.05) is 11.9 Å². The molecule has 0 unspecified atom stereocenters. The van der Waals surface area contributed by atoms with Gasteiger partial charge in [-0.15, -0.1) is 0 Å². The predicted molar refractivity (Wildman–Crippen MR) is 73.2 cm³/mol. The van der Waals surface area contributed by atoms with Crippen LogP contribution in [0.4, 0.5) is 5.69 Å². The maximum atomic E-state index is 10.9. The van der Waals surface area contributed by atoms with Gasteiger partial charge in [-0.1, -0.05) is 17.7 Å². The van der Waals surface area contributed by atoms with Gasteiger partial charge in [0.05, 0.1) is 5.92 Å². The van der Waals surface area contributed by atoms with E-state index in [0.717, 1.165) is 36.4 Å². The van der Waals surface area contributed by atoms with Gasteiger partial charge in [0.15, 0.2) is 0 Å². The van der Waals surface area contributed by atoms with E-state index in [1.165, 1.54) is 0 Å². The number of hydrogen-bond acceptors (Lipinski definition) is 2. The maximum absolute atomic E-state index is 10.9. The van der Waals surface area contributed by atoms with E-state index in [4.69, 9.17) is 16.7 Å². The highest BCUT2D eigenvalue weighted by Gasteiger charge is 2.28. The Hall–Kier alpha value is -1.22. The van der Waals surface area contributed by atoms with Crippen LogP contribution in [-0.4, -0.2) is 24.2 Å². The third kappa shape index (κ3) is 2.96. The molecule has 1 aromatic carbocycles. The van der Waals surface area contributed by atoms with Gasteiger partial charge in [0.25, 0.3) is 0 Å². The number of benzene rings is 1. The topological polar surface area (TPSA) is 40.5 Å². The zero-order chi connectivity index (χ0) is 13.1. The van der Waals surface area contributed by atoms with Crippen LogP contribution in [0.3, 0.4) is 0 Å². The minimum Gasteiger partial charge on any atom is -0.481 e. The fourth-order valence-electron chi connectivity index (χ4n) is 2.62. The van der Waals surface area contributed by atoms with Crippen LogP contribution in [0, 0.1) is 5.92 Å². The first-order chi connectivity index (χ1) is 8.58. The Balaban J connectivity index is 1.99. The molecular weight excluding hydrogens is 250 g/mol. The Morgan fingerprint density at radius 2 is 2.00 bits per heavy atom. The van der Waals surface area contributed by atoms with Gasteiger partial charge < -0.3 is 10.0 Å². The molecule has 1 saturated carbocycles. The first-order valence-electron chi connectivity index (χ1n) is 6.29. The average Bonchev–Trinajstić information content (AvgIpc) is 2.38. The summed E-state index contributed by atoms with van der Waals surface area (Å²) in [4.78, 5) is 13.1. The van der Waals surface area contributed by atoms with E-state index in [1.54, 1.807) is 0 Å². The quantitative estimate of drug-likeness (QED) is 0.912. The average molecular weight is 268 g/mol. The number of halogens is 1. The number of nitrogens with zero attached hydrogens (tertiary/aromatic N) is 1. The number of carbonyl (C=O) groups is 1. The van der Waals surface area contributed by atoms with Gasteiger partial charge in [0, 0.05) is 23.8 Å². The summed E-state index contributed by atoms with van der Waals surface area (Å²) in [6.07, 6.45) is 3.40. The normalized spacial score (nSPS) is 23.7. The second kappa shape index (κ2) is 5.61. The minimum atomic E-state index is -0.654. The molecule has 1 aromatic rings. The van der Waals surface area contributed by atoms with E-state index in [1.807, 2.05) is 24.3 Å². The third-order valence-corrected chi connectivity index (χ3v) is 4.04. The van der Waals surface area contributed by atoms with Crippen molar-refractivity contribution in [2.24, 2.45) is 5.92 Å². The molecule has 0 aromatic heterocycles. The monoisotopic (exact) mass is 267 g/mol. The Morgan fingerprint density at radius 3 is 2.56 bits per heavy atom. The fourth-order valence-corrected chi connectivity index (χ4v) is 2.80. The van der Waals surface area contributed by atoms with Crippen LogP contribution in [0.2, 0.25) is 5.02 Å². The lowest BCUT2D eigenvalue weighted by atomic mass is 9.85. The van der Waals surface area contributed by atoms with E-state index in [2.05, 4.69) is 11.9 Å². The van der Waals surface area contributed by atoms with Crippen LogP contribution in [0.1, 0.15) is 25.7 Å². The molecule has 3 nitrogen and oxygen atoms in total. The molecule has 2 rings (SSSR count). The summed E-state index contributed by atoms with van der Waals surface area (Å²) in [6.45, 7) is 0. The summed E-state index contributed by atoms with van der Waals surface area (Å²) < 4.78 is 0. The standard InChI is InChI=1S/C14H18ClNO2/c1-16(13-4-2-3-11(15)9-13)12-7-5-10(6-8-12)14(17)18/h2-4,9-10,12H,5-8H2,1H3,(H,17,18). The zero-order valence-corrected chi connectivity index (χ0v) is 11.2. The molecule has 4 heteroatoms. The summed E-state index contributed by atoms with van der Waals surface area (Å²) in [5.74, 6) is -0.812. The highest BCUT2D eigenvalue weighted by molar-refractivity contribution is 6.30. The Morgan fingerprint density at radius 1 is 1.33 bits per heavy atom. The molecule has 1 aliphatic rings. The van der Waals surface area contributed by atoms with E-state index in [0.29, 0.717) is 6.04 Å². The van der Waals surface area contributed by atoms with Gasteiger partial charge in [0.2, 0.25) is 0 Å². The number of rotatable bonds is 3. The molecular formula is C14H18ClNO2. The van der Waals surface area contributed by atoms with Gasteiger partial charge in [-0.2, -0.15) is 0 Å². The molecule has 0 saturated heterocycles. The number of hydrogen-bond donors (Lipinski definition) is 1. The van der Waals surface area contributed by atoms with Crippen LogP contribution in [0.5, 0.6) is 0 Å². The number of carboxylic acids is 1. The maximum Gasteiger partial charge on any atom is 0.306 e. The van der Waals surface area contributed by atoms with Crippen molar-refractivity contribution >= 4 is 23.3 Å². The van der Waals surface area contributed by atoms with E-state index in [9.17, 15) is 4.79 Å². The van der Waals surface area contributed by atoms with Crippen molar-refractivity contribution < 1.29 is 9.90 Å². The van der Waals surface area contributed by atoms with Crippen molar-refractivity contribution in [3.05, 3.63) is 29.3 Å². The molecule has 0 bridgehead atoms. The summed E-state index contributed by atoms with van der Waals surface area (Å²) >= 11 is 5.99. The second-order valence-corrected chi connectivity index (χ2v) is 5.37. The first-order valence-corrected chi connectivity index (χ1v) is 6.67. The van der Waals surface area contributed by atoms with Crippen molar-refractivity contribution in [3.8, 4) is 0 Å². The number of anilines is 1. The molecule has 1 fully saturated rings. The lowest BCUT2D eigenvalue weighted by Gasteiger charge is -2.35. The predicted octanol–water partition coefficient (Wildman–Crippen LogP) is 3.42. The lowest BCUT2D eigenvalue weighted by molar-refractivity contribution is -0.142. The largest absolute Gasteiger partial charge is 0.481 e. The zero-order valence-electron chi connectivity index (χ0n) is 10.5. The third-order valence-electron chi connectivity index (χ3n) is 3.81. The molecule has 1 aliphatic carbocycles. The molecule has 0 aliphatic heterocycles. The minimum absolute atomic E-state index is 0.158. The van der Waals surface area contributed by atoms with Gasteiger partial charge >= 0.3 is 5.97 Å². The van der Waals surface area contributed by atoms with Crippen LogP contribution < -0.4 is 4.90 Å². The van der Waals surface area contributed by atoms with Crippen LogP contribution in [0.25, 0.3) is 0 Å². The van der Waals surface area contributed by atoms with Gasteiger partial charge in [-0.3, -0.25) is 4.79 Å². The smallest absolute Gasteiger partial charge is 0.306 e. The summed E-state index contributed by atoms with van der Waals surface area (Å²) in [5, 5.41) is 9.72. The van der Waals surface area contributed by atoms with E-state index < -0.39 is 5.97 Å². The number of carboxylic acid groups (broad SMARTS) is 1. The molecule has 1 N–H and O–H groups in total. The fraction of sp³-hybridized carbons (Fsp3) is 0.500. The van der Waals surface area contributed by atoms with Gasteiger partial charge in [-0.05, 0) is 43.9 Å². The summed E-state index contributed by atoms with van der Waals surface area (Å²) in [6, 6.07) is 8.20. The van der Waals surface area contributed by atoms with Crippen LogP contribution >= 0.6 is 11.6 Å². The lowest BCUT2D eigenvalue weighted by Crippen LogP contribution is -2.36. The molecule has 0 heterocycles. The Bertz CT molecular complexity index is 428. The molecule has 18 heavy (non-hydrogen) atoms. The van der Waals surface area contributed by atoms with Crippen LogP contribution in [0.15, 0.2) is 24.3 Å². The summed E-state index contributed by atoms with van der Waals surface area (Å²) in [7, 11) is 2.05. The van der Waals surface area contributed by atoms with Crippen LogP contribution in [-0.2, 0) is 4.79 Å². The van der Waals surface area contributed by atoms with E-state index >= 15 is 0 Å². The molecule has 0 atom stereocenters. The SMILES string of the molecule is CN(c1cccc(Cl)c1)C1CCC(C(=O)O)CC1. The highest BCUT2D eigenvalue weighted by Crippen LogP contribution is 2.30. The van der Waals surface area contributed by atoms with Gasteiger partial charge in [0.1, 0.15) is 0 Å². The second-order valence-electron chi connectivity index (χ2n) is 4.93. The van der Waals surface area contributed by atoms with E-state index in [-0.39, 0.29) is 5.92 Å². The Labute approximate surface area is 112 Å². The summed E-state index contributed by atoms with van der Waals surface area (Å²) in [5.41, 5.74) is 1.10. The van der Waals surface area contributed by atoms with Crippen molar-refractivity contribution in [1.29, 1.82) is 0 Å². The molecule has 0 spiro atoms. The first kappa shape index (κ1) is 13.2. The van der Waals surface area contributed by atoms with Crippen molar-refractivity contribution in [2.45, 2.75) is 31.7 Å².